The topological polar surface area (TPSA) is 70.7 Å². The lowest BCUT2D eigenvalue weighted by Gasteiger charge is -2.40. The van der Waals surface area contributed by atoms with Gasteiger partial charge in [-0.25, -0.2) is 0 Å². The van der Waals surface area contributed by atoms with E-state index in [-0.39, 0.29) is 30.1 Å². The Bertz CT molecular complexity index is 677. The summed E-state index contributed by atoms with van der Waals surface area (Å²) in [5.74, 6) is 0.584. The van der Waals surface area contributed by atoms with E-state index in [0.29, 0.717) is 17.6 Å². The molecule has 0 saturated carbocycles. The molecule has 2 heterocycles. The molecule has 2 N–H and O–H groups in total. The molecule has 1 unspecified atom stereocenters. The average Bonchev–Trinajstić information content (AvgIpc) is 3.14. The van der Waals surface area contributed by atoms with Crippen LogP contribution in [-0.2, 0) is 4.79 Å². The van der Waals surface area contributed by atoms with Gasteiger partial charge in [-0.3, -0.25) is 9.59 Å². The predicted molar refractivity (Wildman–Crippen MR) is 117 cm³/mol. The highest BCUT2D eigenvalue weighted by molar-refractivity contribution is 5.97. The Morgan fingerprint density at radius 1 is 1.17 bits per heavy atom. The second-order valence-corrected chi connectivity index (χ2v) is 8.40. The van der Waals surface area contributed by atoms with Gasteiger partial charge in [0.2, 0.25) is 5.91 Å². The number of amides is 2. The molecule has 7 heteroatoms. The van der Waals surface area contributed by atoms with Crippen LogP contribution in [0.4, 0.5) is 0 Å². The number of nitrogens with zero attached hydrogens (tertiary/aromatic N) is 1. The number of hydrogen-bond donors (Lipinski definition) is 2. The van der Waals surface area contributed by atoms with Crippen molar-refractivity contribution in [1.82, 2.24) is 15.5 Å². The van der Waals surface area contributed by atoms with Crippen LogP contribution in [0.5, 0.6) is 5.75 Å². The number of carbonyl (C=O) groups excluding carboxylic acids is 2. The van der Waals surface area contributed by atoms with Gasteiger partial charge >= 0.3 is 0 Å². The molecule has 3 rings (SSSR count). The van der Waals surface area contributed by atoms with Gasteiger partial charge in [0, 0.05) is 25.2 Å². The summed E-state index contributed by atoms with van der Waals surface area (Å²) >= 11 is 0. The first-order valence-electron chi connectivity index (χ1n) is 10.5. The number of nitrogens with one attached hydrogen (secondary N) is 2. The fourth-order valence-corrected chi connectivity index (χ4v) is 4.23. The molecule has 2 aliphatic heterocycles. The van der Waals surface area contributed by atoms with E-state index in [1.165, 1.54) is 6.42 Å². The first-order chi connectivity index (χ1) is 13.4. The van der Waals surface area contributed by atoms with E-state index in [1.54, 1.807) is 24.3 Å². The highest BCUT2D eigenvalue weighted by atomic mass is 35.5. The summed E-state index contributed by atoms with van der Waals surface area (Å²) in [6, 6.07) is 6.53. The first kappa shape index (κ1) is 23.5. The van der Waals surface area contributed by atoms with E-state index in [1.807, 2.05) is 25.7 Å². The van der Waals surface area contributed by atoms with Crippen molar-refractivity contribution in [3.8, 4) is 5.75 Å². The zero-order valence-corrected chi connectivity index (χ0v) is 18.5. The summed E-state index contributed by atoms with van der Waals surface area (Å²) in [7, 11) is 0. The molecule has 0 aliphatic carbocycles. The highest BCUT2D eigenvalue weighted by Crippen LogP contribution is 2.37. The molecule has 1 aromatic carbocycles. The molecule has 2 saturated heterocycles. The average molecular weight is 424 g/mol. The predicted octanol–water partition coefficient (Wildman–Crippen LogP) is 2.86. The van der Waals surface area contributed by atoms with Gasteiger partial charge in [-0.05, 0) is 68.3 Å². The van der Waals surface area contributed by atoms with Gasteiger partial charge < -0.3 is 20.3 Å². The number of halogens is 1. The highest BCUT2D eigenvalue weighted by Gasteiger charge is 2.39. The molecule has 6 nitrogen and oxygen atoms in total. The Labute approximate surface area is 180 Å². The number of hydrogen-bond acceptors (Lipinski definition) is 4. The van der Waals surface area contributed by atoms with E-state index < -0.39 is 6.04 Å². The Morgan fingerprint density at radius 2 is 1.83 bits per heavy atom. The molecule has 2 fully saturated rings. The molecule has 162 valence electrons. The number of carbonyl (C=O) groups is 2. The lowest BCUT2D eigenvalue weighted by molar-refractivity contribution is -0.136. The molecule has 29 heavy (non-hydrogen) atoms. The van der Waals surface area contributed by atoms with Crippen LogP contribution in [-0.4, -0.2) is 55.5 Å². The maximum atomic E-state index is 13.1. The molecular formula is C22H34ClN3O3. The molecule has 2 amide bonds. The number of benzene rings is 1. The third-order valence-electron chi connectivity index (χ3n) is 6.11. The number of piperidine rings is 1. The molecule has 1 atom stereocenters. The SMILES string of the molecule is CCOc1ccc(C(=O)NC(C(=O)N2CCC3(CCNC3)CC2)C(C)C)cc1.Cl. The quantitative estimate of drug-likeness (QED) is 0.738. The number of likely N-dealkylation sites (tertiary alicyclic amines) is 1. The van der Waals surface area contributed by atoms with E-state index >= 15 is 0 Å². The largest absolute Gasteiger partial charge is 0.494 e. The van der Waals surface area contributed by atoms with Crippen LogP contribution in [0.2, 0.25) is 0 Å². The number of rotatable bonds is 6. The lowest BCUT2D eigenvalue weighted by Crippen LogP contribution is -2.54. The first-order valence-corrected chi connectivity index (χ1v) is 10.5. The second-order valence-electron chi connectivity index (χ2n) is 8.40. The lowest BCUT2D eigenvalue weighted by atomic mass is 9.77. The third kappa shape index (κ3) is 5.64. The van der Waals surface area contributed by atoms with Crippen LogP contribution in [0.3, 0.4) is 0 Å². The fraction of sp³-hybridized carbons (Fsp3) is 0.636. The van der Waals surface area contributed by atoms with Gasteiger partial charge in [-0.1, -0.05) is 13.8 Å². The summed E-state index contributed by atoms with van der Waals surface area (Å²) in [5.41, 5.74) is 0.909. The molecule has 1 spiro atoms. The van der Waals surface area contributed by atoms with Crippen molar-refractivity contribution >= 4 is 24.2 Å². The summed E-state index contributed by atoms with van der Waals surface area (Å²) < 4.78 is 5.42. The van der Waals surface area contributed by atoms with Gasteiger partial charge in [0.05, 0.1) is 6.61 Å². The van der Waals surface area contributed by atoms with Gasteiger partial charge in [0.25, 0.3) is 5.91 Å². The monoisotopic (exact) mass is 423 g/mol. The Hall–Kier alpha value is -1.79. The van der Waals surface area contributed by atoms with E-state index in [4.69, 9.17) is 4.74 Å². The fourth-order valence-electron chi connectivity index (χ4n) is 4.23. The van der Waals surface area contributed by atoms with Crippen molar-refractivity contribution in [3.05, 3.63) is 29.8 Å². The van der Waals surface area contributed by atoms with Crippen molar-refractivity contribution in [2.45, 2.75) is 46.1 Å². The normalized spacial score (nSPS) is 19.0. The summed E-state index contributed by atoms with van der Waals surface area (Å²) in [5, 5.41) is 6.41. The van der Waals surface area contributed by atoms with Crippen molar-refractivity contribution in [2.24, 2.45) is 11.3 Å². The van der Waals surface area contributed by atoms with Gasteiger partial charge in [-0.15, -0.1) is 12.4 Å². The molecule has 1 aromatic rings. The summed E-state index contributed by atoms with van der Waals surface area (Å²) in [4.78, 5) is 27.8. The molecule has 0 bridgehead atoms. The van der Waals surface area contributed by atoms with E-state index in [0.717, 1.165) is 44.8 Å². The van der Waals surface area contributed by atoms with Crippen LogP contribution in [0.1, 0.15) is 50.4 Å². The van der Waals surface area contributed by atoms with E-state index in [2.05, 4.69) is 10.6 Å². The zero-order chi connectivity index (χ0) is 20.1. The molecule has 0 radical (unpaired) electrons. The van der Waals surface area contributed by atoms with Gasteiger partial charge in [0.1, 0.15) is 11.8 Å². The van der Waals surface area contributed by atoms with Crippen molar-refractivity contribution in [3.63, 3.8) is 0 Å². The summed E-state index contributed by atoms with van der Waals surface area (Å²) in [6.07, 6.45) is 3.30. The minimum Gasteiger partial charge on any atom is -0.494 e. The van der Waals surface area contributed by atoms with Crippen molar-refractivity contribution in [2.75, 3.05) is 32.8 Å². The standard InChI is InChI=1S/C22H33N3O3.ClH/c1-4-28-18-7-5-17(6-8-18)20(26)24-19(16(2)3)21(27)25-13-10-22(11-14-25)9-12-23-15-22;/h5-8,16,19,23H,4,9-15H2,1-3H3,(H,24,26);1H. The van der Waals surface area contributed by atoms with Crippen LogP contribution in [0.15, 0.2) is 24.3 Å². The van der Waals surface area contributed by atoms with Crippen LogP contribution >= 0.6 is 12.4 Å². The smallest absolute Gasteiger partial charge is 0.251 e. The Morgan fingerprint density at radius 3 is 2.34 bits per heavy atom. The van der Waals surface area contributed by atoms with E-state index in [9.17, 15) is 9.59 Å². The van der Waals surface area contributed by atoms with Crippen LogP contribution in [0, 0.1) is 11.3 Å². The molecule has 0 aromatic heterocycles. The second kappa shape index (κ2) is 10.3. The summed E-state index contributed by atoms with van der Waals surface area (Å²) in [6.45, 7) is 10.2. The maximum absolute atomic E-state index is 13.1. The third-order valence-corrected chi connectivity index (χ3v) is 6.11. The zero-order valence-electron chi connectivity index (χ0n) is 17.7. The number of ether oxygens (including phenoxy) is 1. The minimum absolute atomic E-state index is 0. The minimum atomic E-state index is -0.505. The maximum Gasteiger partial charge on any atom is 0.251 e. The van der Waals surface area contributed by atoms with Crippen molar-refractivity contribution < 1.29 is 14.3 Å². The Kier molecular flexibility index (Phi) is 8.34. The Balaban J connectivity index is 0.00000300. The van der Waals surface area contributed by atoms with Crippen LogP contribution < -0.4 is 15.4 Å². The van der Waals surface area contributed by atoms with Crippen molar-refractivity contribution in [1.29, 1.82) is 0 Å². The van der Waals surface area contributed by atoms with Gasteiger partial charge in [-0.2, -0.15) is 0 Å². The molecule has 2 aliphatic rings. The van der Waals surface area contributed by atoms with Gasteiger partial charge in [0.15, 0.2) is 0 Å². The molecular weight excluding hydrogens is 390 g/mol. The van der Waals surface area contributed by atoms with Crippen LogP contribution in [0.25, 0.3) is 0 Å².